The SMILES string of the molecule is C=CCN1CCNCC12C1CC3CC(C1)CC2C3. The van der Waals surface area contributed by atoms with Crippen molar-refractivity contribution < 1.29 is 0 Å². The van der Waals surface area contributed by atoms with E-state index in [0.717, 1.165) is 30.2 Å². The quantitative estimate of drug-likeness (QED) is 0.752. The van der Waals surface area contributed by atoms with Crippen LogP contribution in [0.2, 0.25) is 0 Å². The molecule has 4 saturated carbocycles. The van der Waals surface area contributed by atoms with Crippen molar-refractivity contribution in [3.63, 3.8) is 0 Å². The number of hydrogen-bond donors (Lipinski definition) is 1. The van der Waals surface area contributed by atoms with Gasteiger partial charge in [-0.2, -0.15) is 0 Å². The van der Waals surface area contributed by atoms with Gasteiger partial charge in [0.15, 0.2) is 0 Å². The van der Waals surface area contributed by atoms with Crippen molar-refractivity contribution in [2.45, 2.75) is 37.6 Å². The van der Waals surface area contributed by atoms with Gasteiger partial charge in [0, 0.05) is 31.7 Å². The average molecular weight is 246 g/mol. The second-order valence-corrected chi connectivity index (χ2v) is 7.21. The first kappa shape index (κ1) is 11.5. The highest BCUT2D eigenvalue weighted by atomic mass is 15.3. The number of hydrogen-bond acceptors (Lipinski definition) is 2. The second kappa shape index (κ2) is 4.08. The predicted molar refractivity (Wildman–Crippen MR) is 74.4 cm³/mol. The maximum atomic E-state index is 3.99. The Kier molecular flexibility index (Phi) is 2.60. The Labute approximate surface area is 111 Å². The standard InChI is InChI=1S/C16H26N2/c1-2-4-18-5-3-17-11-16(18)14-7-12-6-13(9-14)10-15(16)8-12/h2,12-15,17H,1,3-11H2. The minimum absolute atomic E-state index is 0.500. The molecule has 0 atom stereocenters. The normalized spacial score (nSPS) is 50.9. The molecular formula is C16H26N2. The van der Waals surface area contributed by atoms with E-state index in [1.165, 1.54) is 45.3 Å². The molecule has 0 aromatic carbocycles. The highest BCUT2D eigenvalue weighted by Crippen LogP contribution is 2.60. The minimum atomic E-state index is 0.500. The summed E-state index contributed by atoms with van der Waals surface area (Å²) in [5, 5.41) is 3.72. The summed E-state index contributed by atoms with van der Waals surface area (Å²) in [7, 11) is 0. The van der Waals surface area contributed by atoms with Gasteiger partial charge in [-0.3, -0.25) is 4.90 Å². The summed E-state index contributed by atoms with van der Waals surface area (Å²) >= 11 is 0. The fourth-order valence-electron chi connectivity index (χ4n) is 6.05. The summed E-state index contributed by atoms with van der Waals surface area (Å²) in [6, 6.07) is 0. The number of rotatable bonds is 2. The zero-order chi connectivity index (χ0) is 12.2. The van der Waals surface area contributed by atoms with E-state index in [0.29, 0.717) is 5.54 Å². The van der Waals surface area contributed by atoms with Crippen LogP contribution in [0, 0.1) is 23.7 Å². The van der Waals surface area contributed by atoms with Crippen LogP contribution in [0.4, 0.5) is 0 Å². The number of piperazine rings is 1. The van der Waals surface area contributed by atoms with E-state index >= 15 is 0 Å². The van der Waals surface area contributed by atoms with E-state index in [1.54, 1.807) is 6.42 Å². The van der Waals surface area contributed by atoms with Crippen molar-refractivity contribution in [1.82, 2.24) is 10.2 Å². The molecule has 1 N–H and O–H groups in total. The Bertz CT molecular complexity index is 321. The Morgan fingerprint density at radius 3 is 2.39 bits per heavy atom. The van der Waals surface area contributed by atoms with Gasteiger partial charge in [0.25, 0.3) is 0 Å². The zero-order valence-corrected chi connectivity index (χ0v) is 11.4. The van der Waals surface area contributed by atoms with Crippen LogP contribution in [0.5, 0.6) is 0 Å². The molecule has 0 aromatic rings. The molecule has 18 heavy (non-hydrogen) atoms. The van der Waals surface area contributed by atoms with Crippen LogP contribution in [0.15, 0.2) is 12.7 Å². The summed E-state index contributed by atoms with van der Waals surface area (Å²) in [4.78, 5) is 2.80. The molecule has 0 aromatic heterocycles. The van der Waals surface area contributed by atoms with Gasteiger partial charge in [-0.15, -0.1) is 6.58 Å². The summed E-state index contributed by atoms with van der Waals surface area (Å²) in [5.41, 5.74) is 0.500. The number of nitrogens with zero attached hydrogens (tertiary/aromatic N) is 1. The number of nitrogens with one attached hydrogen (secondary N) is 1. The van der Waals surface area contributed by atoms with Gasteiger partial charge in [0.2, 0.25) is 0 Å². The van der Waals surface area contributed by atoms with Gasteiger partial charge in [0.05, 0.1) is 0 Å². The van der Waals surface area contributed by atoms with Crippen LogP contribution in [-0.4, -0.2) is 36.6 Å². The molecule has 1 spiro atoms. The van der Waals surface area contributed by atoms with Crippen LogP contribution in [-0.2, 0) is 0 Å². The van der Waals surface area contributed by atoms with Crippen LogP contribution in [0.3, 0.4) is 0 Å². The molecule has 100 valence electrons. The Balaban J connectivity index is 1.69. The van der Waals surface area contributed by atoms with E-state index in [-0.39, 0.29) is 0 Å². The molecule has 0 amide bonds. The lowest BCUT2D eigenvalue weighted by Gasteiger charge is -2.66. The van der Waals surface area contributed by atoms with Crippen molar-refractivity contribution in [2.24, 2.45) is 23.7 Å². The zero-order valence-electron chi connectivity index (χ0n) is 11.4. The first-order valence-corrected chi connectivity index (χ1v) is 7.89. The Hall–Kier alpha value is -0.340. The third kappa shape index (κ3) is 1.42. The highest BCUT2D eigenvalue weighted by molar-refractivity contribution is 5.14. The molecule has 4 bridgehead atoms. The van der Waals surface area contributed by atoms with Gasteiger partial charge in [-0.25, -0.2) is 0 Å². The molecule has 0 unspecified atom stereocenters. The first-order chi connectivity index (χ1) is 8.83. The third-order valence-electron chi connectivity index (χ3n) is 6.46. The summed E-state index contributed by atoms with van der Waals surface area (Å²) in [5.74, 6) is 4.10. The minimum Gasteiger partial charge on any atom is -0.314 e. The molecule has 5 rings (SSSR count). The Morgan fingerprint density at radius 1 is 1.11 bits per heavy atom. The van der Waals surface area contributed by atoms with E-state index in [1.807, 2.05) is 0 Å². The van der Waals surface area contributed by atoms with Crippen LogP contribution < -0.4 is 5.32 Å². The summed E-state index contributed by atoms with van der Waals surface area (Å²) < 4.78 is 0. The van der Waals surface area contributed by atoms with Gasteiger partial charge in [-0.05, 0) is 55.8 Å². The van der Waals surface area contributed by atoms with Crippen molar-refractivity contribution >= 4 is 0 Å². The van der Waals surface area contributed by atoms with Gasteiger partial charge < -0.3 is 5.32 Å². The highest BCUT2D eigenvalue weighted by Gasteiger charge is 2.59. The Morgan fingerprint density at radius 2 is 1.78 bits per heavy atom. The molecule has 2 nitrogen and oxygen atoms in total. The maximum Gasteiger partial charge on any atom is 0.0394 e. The van der Waals surface area contributed by atoms with Gasteiger partial charge in [-0.1, -0.05) is 6.08 Å². The van der Waals surface area contributed by atoms with E-state index < -0.39 is 0 Å². The van der Waals surface area contributed by atoms with Crippen LogP contribution >= 0.6 is 0 Å². The van der Waals surface area contributed by atoms with Crippen LogP contribution in [0.1, 0.15) is 32.1 Å². The maximum absolute atomic E-state index is 3.99. The van der Waals surface area contributed by atoms with Crippen LogP contribution in [0.25, 0.3) is 0 Å². The van der Waals surface area contributed by atoms with Crippen molar-refractivity contribution in [1.29, 1.82) is 0 Å². The monoisotopic (exact) mass is 246 g/mol. The van der Waals surface area contributed by atoms with Gasteiger partial charge in [0.1, 0.15) is 0 Å². The lowest BCUT2D eigenvalue weighted by atomic mass is 9.47. The lowest BCUT2D eigenvalue weighted by molar-refractivity contribution is -0.140. The molecule has 4 aliphatic carbocycles. The van der Waals surface area contributed by atoms with Crippen molar-refractivity contribution in [3.8, 4) is 0 Å². The van der Waals surface area contributed by atoms with E-state index in [9.17, 15) is 0 Å². The molecule has 1 saturated heterocycles. The fourth-order valence-corrected chi connectivity index (χ4v) is 6.05. The molecular weight excluding hydrogens is 220 g/mol. The fraction of sp³-hybridized carbons (Fsp3) is 0.875. The largest absolute Gasteiger partial charge is 0.314 e. The molecule has 0 radical (unpaired) electrons. The van der Waals surface area contributed by atoms with Crippen molar-refractivity contribution in [2.75, 3.05) is 26.2 Å². The smallest absolute Gasteiger partial charge is 0.0394 e. The first-order valence-electron chi connectivity index (χ1n) is 7.89. The topological polar surface area (TPSA) is 15.3 Å². The van der Waals surface area contributed by atoms with E-state index in [4.69, 9.17) is 0 Å². The second-order valence-electron chi connectivity index (χ2n) is 7.21. The molecule has 2 heteroatoms. The molecule has 5 fully saturated rings. The lowest BCUT2D eigenvalue weighted by Crippen LogP contribution is -2.72. The third-order valence-corrected chi connectivity index (χ3v) is 6.46. The van der Waals surface area contributed by atoms with E-state index in [2.05, 4.69) is 22.9 Å². The van der Waals surface area contributed by atoms with Gasteiger partial charge >= 0.3 is 0 Å². The molecule has 1 heterocycles. The predicted octanol–water partition coefficient (Wildman–Crippen LogP) is 2.27. The average Bonchev–Trinajstić information content (AvgIpc) is 2.37. The van der Waals surface area contributed by atoms with Crippen molar-refractivity contribution in [3.05, 3.63) is 12.7 Å². The summed E-state index contributed by atoms with van der Waals surface area (Å²) in [6.45, 7) is 8.73. The molecule has 5 aliphatic rings. The molecule has 1 aliphatic heterocycles. The summed E-state index contributed by atoms with van der Waals surface area (Å²) in [6.07, 6.45) is 9.74.